The molecule has 0 saturated carbocycles. The molecule has 0 aliphatic carbocycles. The SMILES string of the molecule is CCOC(=O)CCCN(Cc1ccc(Cl)cc1)C(=O)C1(C)CCN1C(=O)Cc1cccc2sccc12. The average molecular weight is 527 g/mol. The van der Waals surface area contributed by atoms with Crippen LogP contribution in [0.2, 0.25) is 5.02 Å². The minimum Gasteiger partial charge on any atom is -0.466 e. The summed E-state index contributed by atoms with van der Waals surface area (Å²) in [5.41, 5.74) is 1.01. The number of likely N-dealkylation sites (tertiary alicyclic amines) is 1. The van der Waals surface area contributed by atoms with Gasteiger partial charge in [-0.3, -0.25) is 14.4 Å². The van der Waals surface area contributed by atoms with E-state index in [2.05, 4.69) is 6.07 Å². The molecule has 4 rings (SSSR count). The van der Waals surface area contributed by atoms with Gasteiger partial charge in [0, 0.05) is 35.8 Å². The average Bonchev–Trinajstić information content (AvgIpc) is 3.33. The van der Waals surface area contributed by atoms with Gasteiger partial charge in [0.1, 0.15) is 5.54 Å². The van der Waals surface area contributed by atoms with Gasteiger partial charge in [0.25, 0.3) is 0 Å². The van der Waals surface area contributed by atoms with Gasteiger partial charge < -0.3 is 14.5 Å². The zero-order chi connectivity index (χ0) is 25.7. The Morgan fingerprint density at radius 3 is 2.61 bits per heavy atom. The number of benzene rings is 2. The Labute approximate surface area is 220 Å². The number of carbonyl (C=O) groups is 3. The number of rotatable bonds is 10. The maximum absolute atomic E-state index is 13.8. The second kappa shape index (κ2) is 11.4. The van der Waals surface area contributed by atoms with Gasteiger partial charge in [-0.25, -0.2) is 0 Å². The lowest BCUT2D eigenvalue weighted by Crippen LogP contribution is -2.68. The maximum Gasteiger partial charge on any atom is 0.305 e. The van der Waals surface area contributed by atoms with Crippen LogP contribution in [0.1, 0.15) is 44.2 Å². The van der Waals surface area contributed by atoms with Gasteiger partial charge in [-0.1, -0.05) is 35.9 Å². The van der Waals surface area contributed by atoms with Crippen molar-refractivity contribution in [1.29, 1.82) is 0 Å². The van der Waals surface area contributed by atoms with Crippen molar-refractivity contribution in [2.24, 2.45) is 0 Å². The molecule has 1 aliphatic heterocycles. The standard InChI is InChI=1S/C28H31ClN2O4S/c1-3-35-26(33)8-5-15-30(19-20-9-11-22(29)12-10-20)27(34)28(2)14-16-31(28)25(32)18-21-6-4-7-24-23(21)13-17-36-24/h4,6-7,9-13,17H,3,5,8,14-16,18-19H2,1-2H3. The van der Waals surface area contributed by atoms with Gasteiger partial charge in [-0.05, 0) is 72.8 Å². The van der Waals surface area contributed by atoms with Crippen molar-refractivity contribution in [2.45, 2.75) is 51.6 Å². The summed E-state index contributed by atoms with van der Waals surface area (Å²) in [6, 6.07) is 15.4. The van der Waals surface area contributed by atoms with Crippen molar-refractivity contribution in [1.82, 2.24) is 9.80 Å². The summed E-state index contributed by atoms with van der Waals surface area (Å²) < 4.78 is 6.19. The minimum atomic E-state index is -0.907. The molecule has 1 saturated heterocycles. The van der Waals surface area contributed by atoms with Crippen LogP contribution in [0.25, 0.3) is 10.1 Å². The first-order valence-electron chi connectivity index (χ1n) is 12.3. The van der Waals surface area contributed by atoms with E-state index in [0.717, 1.165) is 21.2 Å². The monoisotopic (exact) mass is 526 g/mol. The Balaban J connectivity index is 1.48. The fraction of sp³-hybridized carbons (Fsp3) is 0.393. The second-order valence-electron chi connectivity index (χ2n) is 9.26. The van der Waals surface area contributed by atoms with E-state index >= 15 is 0 Å². The predicted molar refractivity (Wildman–Crippen MR) is 143 cm³/mol. The van der Waals surface area contributed by atoms with Crippen LogP contribution >= 0.6 is 22.9 Å². The third kappa shape index (κ3) is 5.73. The first kappa shape index (κ1) is 26.2. The van der Waals surface area contributed by atoms with Crippen LogP contribution < -0.4 is 0 Å². The molecule has 36 heavy (non-hydrogen) atoms. The van der Waals surface area contributed by atoms with E-state index in [9.17, 15) is 14.4 Å². The van der Waals surface area contributed by atoms with E-state index < -0.39 is 5.54 Å². The maximum atomic E-state index is 13.8. The molecular formula is C28H31ClN2O4S. The van der Waals surface area contributed by atoms with Crippen LogP contribution in [-0.2, 0) is 32.1 Å². The van der Waals surface area contributed by atoms with E-state index in [0.29, 0.717) is 44.1 Å². The normalized spacial score (nSPS) is 17.0. The lowest BCUT2D eigenvalue weighted by molar-refractivity contribution is -0.164. The summed E-state index contributed by atoms with van der Waals surface area (Å²) in [4.78, 5) is 42.5. The summed E-state index contributed by atoms with van der Waals surface area (Å²) in [6.07, 6.45) is 1.59. The van der Waals surface area contributed by atoms with Crippen LogP contribution in [0, 0.1) is 0 Å². The number of carbonyl (C=O) groups excluding carboxylic acids is 3. The fourth-order valence-electron chi connectivity index (χ4n) is 4.70. The van der Waals surface area contributed by atoms with Crippen LogP contribution in [-0.4, -0.2) is 52.8 Å². The lowest BCUT2D eigenvalue weighted by Gasteiger charge is -2.51. The highest BCUT2D eigenvalue weighted by Gasteiger charge is 2.50. The predicted octanol–water partition coefficient (Wildman–Crippen LogP) is 5.46. The number of fused-ring (bicyclic) bond motifs is 1. The molecule has 1 fully saturated rings. The summed E-state index contributed by atoms with van der Waals surface area (Å²) >= 11 is 7.69. The van der Waals surface area contributed by atoms with Crippen LogP contribution in [0.4, 0.5) is 0 Å². The van der Waals surface area contributed by atoms with Gasteiger partial charge in [-0.15, -0.1) is 11.3 Å². The number of nitrogens with zero attached hydrogens (tertiary/aromatic N) is 2. The number of ether oxygens (including phenoxy) is 1. The Kier molecular flexibility index (Phi) is 8.32. The van der Waals surface area contributed by atoms with E-state index in [4.69, 9.17) is 16.3 Å². The molecule has 0 radical (unpaired) electrons. The summed E-state index contributed by atoms with van der Waals surface area (Å²) in [5, 5.41) is 3.75. The summed E-state index contributed by atoms with van der Waals surface area (Å²) in [7, 11) is 0. The quantitative estimate of drug-likeness (QED) is 0.329. The van der Waals surface area contributed by atoms with E-state index in [1.54, 1.807) is 40.2 Å². The number of hydrogen-bond acceptors (Lipinski definition) is 5. The van der Waals surface area contributed by atoms with E-state index in [-0.39, 0.29) is 30.6 Å². The topological polar surface area (TPSA) is 66.9 Å². The van der Waals surface area contributed by atoms with Crippen molar-refractivity contribution < 1.29 is 19.1 Å². The fourth-order valence-corrected chi connectivity index (χ4v) is 5.66. The third-order valence-corrected chi connectivity index (χ3v) is 7.93. The van der Waals surface area contributed by atoms with Crippen molar-refractivity contribution in [3.8, 4) is 0 Å². The zero-order valence-corrected chi connectivity index (χ0v) is 22.2. The molecule has 2 amide bonds. The van der Waals surface area contributed by atoms with Gasteiger partial charge in [-0.2, -0.15) is 0 Å². The molecule has 190 valence electrons. The van der Waals surface area contributed by atoms with E-state index in [1.165, 1.54) is 0 Å². The summed E-state index contributed by atoms with van der Waals surface area (Å²) in [6.45, 7) is 5.29. The van der Waals surface area contributed by atoms with Gasteiger partial charge in [0.05, 0.1) is 13.0 Å². The van der Waals surface area contributed by atoms with Gasteiger partial charge in [0.15, 0.2) is 0 Å². The van der Waals surface area contributed by atoms with Crippen molar-refractivity contribution in [3.63, 3.8) is 0 Å². The largest absolute Gasteiger partial charge is 0.466 e. The molecule has 0 bridgehead atoms. The molecule has 2 heterocycles. The molecule has 0 N–H and O–H groups in total. The van der Waals surface area contributed by atoms with Crippen LogP contribution in [0.15, 0.2) is 53.9 Å². The Hall–Kier alpha value is -2.90. The van der Waals surface area contributed by atoms with Crippen molar-refractivity contribution in [2.75, 3.05) is 19.7 Å². The zero-order valence-electron chi connectivity index (χ0n) is 20.7. The Morgan fingerprint density at radius 1 is 1.14 bits per heavy atom. The van der Waals surface area contributed by atoms with E-state index in [1.807, 2.05) is 42.6 Å². The highest BCUT2D eigenvalue weighted by atomic mass is 35.5. The highest BCUT2D eigenvalue weighted by molar-refractivity contribution is 7.17. The first-order chi connectivity index (χ1) is 17.3. The van der Waals surface area contributed by atoms with Crippen LogP contribution in [0.5, 0.6) is 0 Å². The van der Waals surface area contributed by atoms with Crippen molar-refractivity contribution >= 4 is 50.8 Å². The van der Waals surface area contributed by atoms with Gasteiger partial charge >= 0.3 is 5.97 Å². The molecule has 1 atom stereocenters. The Morgan fingerprint density at radius 2 is 1.92 bits per heavy atom. The molecule has 8 heteroatoms. The number of amides is 2. The highest BCUT2D eigenvalue weighted by Crippen LogP contribution is 2.34. The minimum absolute atomic E-state index is 0.0474. The first-order valence-corrected chi connectivity index (χ1v) is 13.5. The number of hydrogen-bond donors (Lipinski definition) is 0. The summed E-state index contributed by atoms with van der Waals surface area (Å²) in [5.74, 6) is -0.422. The molecule has 2 aromatic carbocycles. The number of thiophene rings is 1. The number of esters is 1. The lowest BCUT2D eigenvalue weighted by atomic mass is 9.84. The number of halogens is 1. The molecule has 1 aromatic heterocycles. The van der Waals surface area contributed by atoms with Crippen molar-refractivity contribution in [3.05, 3.63) is 70.1 Å². The molecule has 3 aromatic rings. The smallest absolute Gasteiger partial charge is 0.305 e. The second-order valence-corrected chi connectivity index (χ2v) is 10.6. The molecule has 1 unspecified atom stereocenters. The van der Waals surface area contributed by atoms with Crippen LogP contribution in [0.3, 0.4) is 0 Å². The Bertz CT molecular complexity index is 1240. The molecular weight excluding hydrogens is 496 g/mol. The molecule has 0 spiro atoms. The van der Waals surface area contributed by atoms with Gasteiger partial charge in [0.2, 0.25) is 11.8 Å². The molecule has 1 aliphatic rings. The molecule has 6 nitrogen and oxygen atoms in total. The third-order valence-electron chi connectivity index (χ3n) is 6.80.